The van der Waals surface area contributed by atoms with Crippen molar-refractivity contribution >= 4 is 29.5 Å². The highest BCUT2D eigenvalue weighted by atomic mass is 35.5. The van der Waals surface area contributed by atoms with Crippen LogP contribution in [0.5, 0.6) is 5.75 Å². The zero-order valence-electron chi connectivity index (χ0n) is 21.0. The fraction of sp³-hybridized carbons (Fsp3) is 0.640. The molecule has 0 aliphatic carbocycles. The summed E-state index contributed by atoms with van der Waals surface area (Å²) < 4.78 is 16.9. The highest BCUT2D eigenvalue weighted by molar-refractivity contribution is 6.30. The smallest absolute Gasteiger partial charge is 0.410 e. The number of hydrogen-bond acceptors (Lipinski definition) is 6. The summed E-state index contributed by atoms with van der Waals surface area (Å²) in [6.07, 6.45) is 0.0647. The van der Waals surface area contributed by atoms with Crippen molar-refractivity contribution < 1.29 is 28.6 Å². The summed E-state index contributed by atoms with van der Waals surface area (Å²) in [5.74, 6) is 0.327. The van der Waals surface area contributed by atoms with Crippen LogP contribution in [0.15, 0.2) is 24.3 Å². The van der Waals surface area contributed by atoms with Gasteiger partial charge in [-0.25, -0.2) is 4.79 Å². The zero-order chi connectivity index (χ0) is 25.6. The third kappa shape index (κ3) is 8.28. The number of carbonyl (C=O) groups is 3. The molecule has 0 aromatic heterocycles. The Labute approximate surface area is 212 Å². The molecule has 3 rings (SSSR count). The van der Waals surface area contributed by atoms with E-state index in [2.05, 4.69) is 0 Å². The molecule has 10 heteroatoms. The number of morpholine rings is 1. The van der Waals surface area contributed by atoms with Gasteiger partial charge in [-0.3, -0.25) is 9.59 Å². The third-order valence-electron chi connectivity index (χ3n) is 6.00. The van der Waals surface area contributed by atoms with Crippen LogP contribution in [0.4, 0.5) is 4.79 Å². The molecule has 0 N–H and O–H groups in total. The summed E-state index contributed by atoms with van der Waals surface area (Å²) in [7, 11) is 1.54. The molecular weight excluding hydrogens is 474 g/mol. The molecule has 2 heterocycles. The molecular formula is C25H36ClN3O6. The SMILES string of the molecule is CN(CC(=O)N1CC[C@H](Oc2ccc(Cl)cc2)[C@@H](CC(=O)N2CCOCC2)C1)C(=O)OC(C)(C)C. The van der Waals surface area contributed by atoms with Gasteiger partial charge in [0, 0.05) is 57.0 Å². The number of amides is 3. The lowest BCUT2D eigenvalue weighted by Crippen LogP contribution is -2.52. The second-order valence-corrected chi connectivity index (χ2v) is 10.5. The number of benzene rings is 1. The van der Waals surface area contributed by atoms with Crippen LogP contribution in [0.3, 0.4) is 0 Å². The molecule has 0 bridgehead atoms. The quantitative estimate of drug-likeness (QED) is 0.585. The van der Waals surface area contributed by atoms with Gasteiger partial charge in [-0.1, -0.05) is 11.6 Å². The molecule has 35 heavy (non-hydrogen) atoms. The van der Waals surface area contributed by atoms with Gasteiger partial charge >= 0.3 is 6.09 Å². The Bertz CT molecular complexity index is 882. The van der Waals surface area contributed by atoms with E-state index in [1.165, 1.54) is 4.90 Å². The average Bonchev–Trinajstić information content (AvgIpc) is 2.81. The Morgan fingerprint density at radius 2 is 1.71 bits per heavy atom. The minimum atomic E-state index is -0.642. The maximum absolute atomic E-state index is 13.0. The lowest BCUT2D eigenvalue weighted by atomic mass is 9.90. The van der Waals surface area contributed by atoms with Crippen LogP contribution >= 0.6 is 11.6 Å². The van der Waals surface area contributed by atoms with Gasteiger partial charge in [-0.15, -0.1) is 0 Å². The van der Waals surface area contributed by atoms with Gasteiger partial charge in [0.05, 0.1) is 13.2 Å². The van der Waals surface area contributed by atoms with Gasteiger partial charge < -0.3 is 28.9 Å². The Morgan fingerprint density at radius 3 is 2.34 bits per heavy atom. The maximum atomic E-state index is 13.0. The van der Waals surface area contributed by atoms with E-state index in [1.54, 1.807) is 61.9 Å². The number of likely N-dealkylation sites (tertiary alicyclic amines) is 1. The number of ether oxygens (including phenoxy) is 3. The standard InChI is InChI=1S/C25H36ClN3O6/c1-25(2,3)35-24(32)27(4)17-23(31)29-10-9-21(34-20-7-5-19(26)6-8-20)18(16-29)15-22(30)28-11-13-33-14-12-28/h5-8,18,21H,9-17H2,1-4H3/t18-,21-/m0/s1. The van der Waals surface area contributed by atoms with Crippen LogP contribution in [0.2, 0.25) is 5.02 Å². The molecule has 2 aliphatic rings. The Kier molecular flexibility index (Phi) is 9.24. The van der Waals surface area contributed by atoms with Crippen molar-refractivity contribution in [2.75, 3.05) is 53.0 Å². The molecule has 194 valence electrons. The van der Waals surface area contributed by atoms with Crippen molar-refractivity contribution in [3.05, 3.63) is 29.3 Å². The lowest BCUT2D eigenvalue weighted by molar-refractivity contribution is -0.141. The van der Waals surface area contributed by atoms with Crippen molar-refractivity contribution in [2.24, 2.45) is 5.92 Å². The van der Waals surface area contributed by atoms with Gasteiger partial charge in [0.15, 0.2) is 0 Å². The highest BCUT2D eigenvalue weighted by Gasteiger charge is 2.36. The van der Waals surface area contributed by atoms with E-state index in [4.69, 9.17) is 25.8 Å². The first-order valence-electron chi connectivity index (χ1n) is 12.0. The van der Waals surface area contributed by atoms with Crippen LogP contribution in [0.25, 0.3) is 0 Å². The van der Waals surface area contributed by atoms with Gasteiger partial charge in [0.25, 0.3) is 0 Å². The van der Waals surface area contributed by atoms with Gasteiger partial charge in [0.2, 0.25) is 11.8 Å². The number of rotatable bonds is 6. The number of likely N-dealkylation sites (N-methyl/N-ethyl adjacent to an activating group) is 1. The van der Waals surface area contributed by atoms with E-state index < -0.39 is 11.7 Å². The lowest BCUT2D eigenvalue weighted by Gasteiger charge is -2.39. The molecule has 9 nitrogen and oxygen atoms in total. The largest absolute Gasteiger partial charge is 0.490 e. The predicted octanol–water partition coefficient (Wildman–Crippen LogP) is 3.05. The van der Waals surface area contributed by atoms with Crippen LogP contribution in [-0.2, 0) is 19.1 Å². The Hall–Kier alpha value is -2.52. The van der Waals surface area contributed by atoms with Crippen molar-refractivity contribution in [1.29, 1.82) is 0 Å². The molecule has 0 saturated carbocycles. The number of nitrogens with zero attached hydrogens (tertiary/aromatic N) is 3. The molecule has 2 fully saturated rings. The minimum Gasteiger partial charge on any atom is -0.490 e. The number of halogens is 1. The molecule has 1 aromatic rings. The summed E-state index contributed by atoms with van der Waals surface area (Å²) >= 11 is 5.99. The fourth-order valence-electron chi connectivity index (χ4n) is 4.15. The van der Waals surface area contributed by atoms with Crippen molar-refractivity contribution in [3.8, 4) is 5.75 Å². The number of piperidine rings is 1. The van der Waals surface area contributed by atoms with Crippen molar-refractivity contribution in [3.63, 3.8) is 0 Å². The van der Waals surface area contributed by atoms with Crippen molar-refractivity contribution in [1.82, 2.24) is 14.7 Å². The van der Waals surface area contributed by atoms with Crippen LogP contribution < -0.4 is 4.74 Å². The van der Waals surface area contributed by atoms with Crippen LogP contribution in [0, 0.1) is 5.92 Å². The summed E-state index contributed by atoms with van der Waals surface area (Å²) in [6, 6.07) is 7.12. The minimum absolute atomic E-state index is 0.0307. The molecule has 2 saturated heterocycles. The highest BCUT2D eigenvalue weighted by Crippen LogP contribution is 2.27. The Balaban J connectivity index is 1.66. The monoisotopic (exact) mass is 509 g/mol. The molecule has 3 amide bonds. The first-order valence-corrected chi connectivity index (χ1v) is 12.4. The molecule has 1 aromatic carbocycles. The summed E-state index contributed by atoms with van der Waals surface area (Å²) in [5.41, 5.74) is -0.642. The summed E-state index contributed by atoms with van der Waals surface area (Å²) in [4.78, 5) is 43.1. The summed E-state index contributed by atoms with van der Waals surface area (Å²) in [6.45, 7) is 8.28. The second kappa shape index (κ2) is 11.9. The summed E-state index contributed by atoms with van der Waals surface area (Å²) in [5, 5.41) is 0.617. The number of hydrogen-bond donors (Lipinski definition) is 0. The average molecular weight is 510 g/mol. The van der Waals surface area contributed by atoms with Crippen LogP contribution in [0.1, 0.15) is 33.6 Å². The van der Waals surface area contributed by atoms with E-state index >= 15 is 0 Å². The van der Waals surface area contributed by atoms with Crippen molar-refractivity contribution in [2.45, 2.75) is 45.3 Å². The van der Waals surface area contributed by atoms with E-state index in [0.717, 1.165) is 0 Å². The van der Waals surface area contributed by atoms with Gasteiger partial charge in [-0.2, -0.15) is 0 Å². The third-order valence-corrected chi connectivity index (χ3v) is 6.25. The number of carbonyl (C=O) groups excluding carboxylic acids is 3. The van der Waals surface area contributed by atoms with Gasteiger partial charge in [-0.05, 0) is 45.0 Å². The van der Waals surface area contributed by atoms with E-state index in [0.29, 0.717) is 56.6 Å². The maximum Gasteiger partial charge on any atom is 0.410 e. The predicted molar refractivity (Wildman–Crippen MR) is 131 cm³/mol. The first-order chi connectivity index (χ1) is 16.5. The topological polar surface area (TPSA) is 88.6 Å². The fourth-order valence-corrected chi connectivity index (χ4v) is 4.28. The molecule has 2 atom stereocenters. The van der Waals surface area contributed by atoms with Crippen LogP contribution in [-0.4, -0.2) is 97.3 Å². The molecule has 0 radical (unpaired) electrons. The Morgan fingerprint density at radius 1 is 1.06 bits per heavy atom. The van der Waals surface area contributed by atoms with E-state index in [-0.39, 0.29) is 36.8 Å². The van der Waals surface area contributed by atoms with E-state index in [1.807, 2.05) is 0 Å². The zero-order valence-corrected chi connectivity index (χ0v) is 21.8. The van der Waals surface area contributed by atoms with E-state index in [9.17, 15) is 14.4 Å². The second-order valence-electron chi connectivity index (χ2n) is 10.0. The van der Waals surface area contributed by atoms with Gasteiger partial charge in [0.1, 0.15) is 24.0 Å². The first kappa shape index (κ1) is 27.1. The normalized spacial score (nSPS) is 20.8. The molecule has 2 aliphatic heterocycles. The molecule has 0 unspecified atom stereocenters. The molecule has 0 spiro atoms.